The van der Waals surface area contributed by atoms with Crippen molar-refractivity contribution in [2.45, 2.75) is 25.4 Å². The van der Waals surface area contributed by atoms with Crippen molar-refractivity contribution in [1.82, 2.24) is 0 Å². The summed E-state index contributed by atoms with van der Waals surface area (Å²) < 4.78 is 0. The molecule has 2 nitrogen and oxygen atoms in total. The lowest BCUT2D eigenvalue weighted by Gasteiger charge is -2.36. The molecule has 100 valence electrons. The van der Waals surface area contributed by atoms with E-state index in [0.29, 0.717) is 6.54 Å². The lowest BCUT2D eigenvalue weighted by molar-refractivity contribution is 0.0679. The largest absolute Gasteiger partial charge is 0.383 e. The molecule has 0 fully saturated rings. The minimum Gasteiger partial charge on any atom is -0.383 e. The van der Waals surface area contributed by atoms with Gasteiger partial charge >= 0.3 is 0 Å². The molecule has 2 aromatic rings. The molecule has 0 amide bonds. The standard InChI is InChI=1S/C16H19NOS/c1-16(18,15-9-5-11-19-15)12-17-10-4-7-13-6-2-3-8-14(13)17/h2-3,5-6,8-9,11,18H,4,7,10,12H2,1H3. The normalized spacial score (nSPS) is 17.9. The second kappa shape index (κ2) is 4.99. The number of para-hydroxylation sites is 1. The molecule has 1 aliphatic heterocycles. The van der Waals surface area contributed by atoms with Crippen LogP contribution in [0, 0.1) is 0 Å². The van der Waals surface area contributed by atoms with Crippen LogP contribution in [0.25, 0.3) is 0 Å². The van der Waals surface area contributed by atoms with Crippen molar-refractivity contribution in [3.63, 3.8) is 0 Å². The number of benzene rings is 1. The van der Waals surface area contributed by atoms with E-state index in [1.807, 2.05) is 24.4 Å². The Morgan fingerprint density at radius 1 is 1.26 bits per heavy atom. The number of fused-ring (bicyclic) bond motifs is 1. The first-order valence-electron chi connectivity index (χ1n) is 6.76. The molecule has 0 aliphatic carbocycles. The highest BCUT2D eigenvalue weighted by Gasteiger charge is 2.29. The Kier molecular flexibility index (Phi) is 3.33. The number of rotatable bonds is 3. The van der Waals surface area contributed by atoms with Crippen LogP contribution < -0.4 is 4.90 Å². The predicted molar refractivity (Wildman–Crippen MR) is 80.9 cm³/mol. The fourth-order valence-electron chi connectivity index (χ4n) is 2.81. The lowest BCUT2D eigenvalue weighted by Crippen LogP contribution is -2.41. The smallest absolute Gasteiger partial charge is 0.113 e. The number of nitrogens with zero attached hydrogens (tertiary/aromatic N) is 1. The van der Waals surface area contributed by atoms with Crippen molar-refractivity contribution in [2.24, 2.45) is 0 Å². The van der Waals surface area contributed by atoms with Crippen LogP contribution in [-0.4, -0.2) is 18.2 Å². The zero-order valence-corrected chi connectivity index (χ0v) is 12.0. The summed E-state index contributed by atoms with van der Waals surface area (Å²) in [6.45, 7) is 3.60. The van der Waals surface area contributed by atoms with Crippen LogP contribution in [0.4, 0.5) is 5.69 Å². The van der Waals surface area contributed by atoms with E-state index in [0.717, 1.165) is 24.3 Å². The van der Waals surface area contributed by atoms with Gasteiger partial charge in [-0.25, -0.2) is 0 Å². The third-order valence-electron chi connectivity index (χ3n) is 3.76. The molecule has 1 aromatic carbocycles. The van der Waals surface area contributed by atoms with Crippen molar-refractivity contribution < 1.29 is 5.11 Å². The number of thiophene rings is 1. The van der Waals surface area contributed by atoms with Crippen LogP contribution in [0.3, 0.4) is 0 Å². The van der Waals surface area contributed by atoms with Crippen LogP contribution in [0.1, 0.15) is 23.8 Å². The first-order chi connectivity index (χ1) is 9.17. The molecule has 2 heterocycles. The van der Waals surface area contributed by atoms with Gasteiger partial charge in [-0.15, -0.1) is 11.3 Å². The van der Waals surface area contributed by atoms with E-state index < -0.39 is 5.60 Å². The molecular formula is C16H19NOS. The van der Waals surface area contributed by atoms with Gasteiger partial charge in [0, 0.05) is 17.1 Å². The molecule has 0 saturated carbocycles. The molecular weight excluding hydrogens is 254 g/mol. The average molecular weight is 273 g/mol. The summed E-state index contributed by atoms with van der Waals surface area (Å²) in [5, 5.41) is 12.7. The zero-order valence-electron chi connectivity index (χ0n) is 11.2. The van der Waals surface area contributed by atoms with Gasteiger partial charge in [0.05, 0.1) is 6.54 Å². The summed E-state index contributed by atoms with van der Waals surface area (Å²) in [6, 6.07) is 12.6. The van der Waals surface area contributed by atoms with Gasteiger partial charge in [0.2, 0.25) is 0 Å². The highest BCUT2D eigenvalue weighted by Crippen LogP contribution is 2.32. The summed E-state index contributed by atoms with van der Waals surface area (Å²) in [4.78, 5) is 3.36. The monoisotopic (exact) mass is 273 g/mol. The van der Waals surface area contributed by atoms with E-state index in [2.05, 4.69) is 29.2 Å². The van der Waals surface area contributed by atoms with Gasteiger partial charge in [-0.2, -0.15) is 0 Å². The molecule has 0 radical (unpaired) electrons. The first kappa shape index (κ1) is 12.7. The van der Waals surface area contributed by atoms with E-state index >= 15 is 0 Å². The Morgan fingerprint density at radius 2 is 2.11 bits per heavy atom. The van der Waals surface area contributed by atoms with Gasteiger partial charge in [0.1, 0.15) is 5.60 Å². The molecule has 1 aliphatic rings. The van der Waals surface area contributed by atoms with Crippen LogP contribution in [0.5, 0.6) is 0 Å². The summed E-state index contributed by atoms with van der Waals surface area (Å²) >= 11 is 1.62. The predicted octanol–water partition coefficient (Wildman–Crippen LogP) is 3.41. The van der Waals surface area contributed by atoms with Crippen molar-refractivity contribution in [1.29, 1.82) is 0 Å². The van der Waals surface area contributed by atoms with E-state index in [-0.39, 0.29) is 0 Å². The average Bonchev–Trinajstić information content (AvgIpc) is 2.93. The number of anilines is 1. The van der Waals surface area contributed by atoms with E-state index in [1.165, 1.54) is 11.3 Å². The molecule has 1 N–H and O–H groups in total. The fourth-order valence-corrected chi connectivity index (χ4v) is 3.59. The van der Waals surface area contributed by atoms with Gasteiger partial charge < -0.3 is 10.0 Å². The molecule has 1 atom stereocenters. The highest BCUT2D eigenvalue weighted by molar-refractivity contribution is 7.10. The number of β-amino-alcohol motifs (C(OH)–C–C–N with tert-alkyl or cyclic N) is 1. The number of hydrogen-bond acceptors (Lipinski definition) is 3. The summed E-state index contributed by atoms with van der Waals surface area (Å²) in [5.74, 6) is 0. The molecule has 0 bridgehead atoms. The molecule has 0 spiro atoms. The molecule has 1 aromatic heterocycles. The van der Waals surface area contributed by atoms with Crippen LogP contribution in [0.15, 0.2) is 41.8 Å². The molecule has 1 unspecified atom stereocenters. The Bertz CT molecular complexity index is 548. The summed E-state index contributed by atoms with van der Waals surface area (Å²) in [7, 11) is 0. The Balaban J connectivity index is 1.85. The highest BCUT2D eigenvalue weighted by atomic mass is 32.1. The third-order valence-corrected chi connectivity index (χ3v) is 4.88. The fraction of sp³-hybridized carbons (Fsp3) is 0.375. The lowest BCUT2D eigenvalue weighted by atomic mass is 9.98. The van der Waals surface area contributed by atoms with Crippen LogP contribution in [-0.2, 0) is 12.0 Å². The van der Waals surface area contributed by atoms with Crippen LogP contribution in [0.2, 0.25) is 0 Å². The van der Waals surface area contributed by atoms with Crippen LogP contribution >= 0.6 is 11.3 Å². The molecule has 3 rings (SSSR count). The van der Waals surface area contributed by atoms with Gasteiger partial charge in [-0.1, -0.05) is 24.3 Å². The van der Waals surface area contributed by atoms with Crippen molar-refractivity contribution >= 4 is 17.0 Å². The number of aryl methyl sites for hydroxylation is 1. The van der Waals surface area contributed by atoms with E-state index in [9.17, 15) is 5.11 Å². The summed E-state index contributed by atoms with van der Waals surface area (Å²) in [5.41, 5.74) is 1.90. The maximum absolute atomic E-state index is 10.7. The van der Waals surface area contributed by atoms with E-state index in [4.69, 9.17) is 0 Å². The van der Waals surface area contributed by atoms with Crippen molar-refractivity contribution in [2.75, 3.05) is 18.0 Å². The second-order valence-corrected chi connectivity index (χ2v) is 6.35. The molecule has 0 saturated heterocycles. The van der Waals surface area contributed by atoms with Gasteiger partial charge in [0.25, 0.3) is 0 Å². The van der Waals surface area contributed by atoms with Crippen molar-refractivity contribution in [3.05, 3.63) is 52.2 Å². The zero-order chi connectivity index (χ0) is 13.3. The number of hydrogen-bond donors (Lipinski definition) is 1. The quantitative estimate of drug-likeness (QED) is 0.926. The minimum atomic E-state index is -0.779. The molecule has 3 heteroatoms. The van der Waals surface area contributed by atoms with Gasteiger partial charge in [-0.05, 0) is 42.8 Å². The van der Waals surface area contributed by atoms with Gasteiger partial charge in [-0.3, -0.25) is 0 Å². The number of aliphatic hydroxyl groups is 1. The Labute approximate surface area is 118 Å². The van der Waals surface area contributed by atoms with Crippen molar-refractivity contribution in [3.8, 4) is 0 Å². The maximum Gasteiger partial charge on any atom is 0.113 e. The minimum absolute atomic E-state index is 0.657. The summed E-state index contributed by atoms with van der Waals surface area (Å²) in [6.07, 6.45) is 2.31. The third kappa shape index (κ3) is 2.53. The second-order valence-electron chi connectivity index (χ2n) is 5.40. The van der Waals surface area contributed by atoms with E-state index in [1.54, 1.807) is 11.3 Å². The Morgan fingerprint density at radius 3 is 2.89 bits per heavy atom. The topological polar surface area (TPSA) is 23.5 Å². The Hall–Kier alpha value is -1.32. The SMILES string of the molecule is CC(O)(CN1CCCc2ccccc21)c1cccs1. The van der Waals surface area contributed by atoms with Gasteiger partial charge in [0.15, 0.2) is 0 Å². The maximum atomic E-state index is 10.7. The first-order valence-corrected chi connectivity index (χ1v) is 7.64. The molecule has 19 heavy (non-hydrogen) atoms.